The standard InChI is InChI=1S/C19H19F2O3PS/c1-3-11(2)10-24-15-7-5-13-12-4-6-14(23-8-9-25-22)16(20)18(12)26-19(13)17(15)21/h4-7,11H,3,8-10H2,1-2H3/t11-/m1/s1. The van der Waals surface area contributed by atoms with Gasteiger partial charge < -0.3 is 9.47 Å². The first-order valence-corrected chi connectivity index (χ1v) is 10.3. The molecule has 1 atom stereocenters. The van der Waals surface area contributed by atoms with Crippen molar-refractivity contribution in [2.24, 2.45) is 5.92 Å². The molecule has 0 fully saturated rings. The average Bonchev–Trinajstić information content (AvgIpc) is 3.03. The maximum atomic E-state index is 14.8. The fourth-order valence-electron chi connectivity index (χ4n) is 2.57. The third kappa shape index (κ3) is 3.67. The molecule has 2 aromatic carbocycles. The van der Waals surface area contributed by atoms with Gasteiger partial charge in [-0.1, -0.05) is 20.3 Å². The second kappa shape index (κ2) is 8.28. The van der Waals surface area contributed by atoms with E-state index in [-0.39, 0.29) is 32.7 Å². The van der Waals surface area contributed by atoms with Crippen molar-refractivity contribution in [2.75, 3.05) is 19.4 Å². The first-order chi connectivity index (χ1) is 12.6. The van der Waals surface area contributed by atoms with Crippen molar-refractivity contribution in [3.05, 3.63) is 35.9 Å². The Labute approximate surface area is 156 Å². The lowest BCUT2D eigenvalue weighted by molar-refractivity contribution is 0.247. The zero-order valence-electron chi connectivity index (χ0n) is 14.6. The molecule has 1 heterocycles. The molecule has 138 valence electrons. The largest absolute Gasteiger partial charge is 0.490 e. The number of rotatable bonds is 8. The molecule has 0 saturated carbocycles. The molecular formula is C19H19F2O3PS. The molecule has 0 aliphatic carbocycles. The molecule has 26 heavy (non-hydrogen) atoms. The van der Waals surface area contributed by atoms with Gasteiger partial charge in [0, 0.05) is 10.8 Å². The first-order valence-electron chi connectivity index (χ1n) is 8.44. The molecule has 0 unspecified atom stereocenters. The molecule has 0 saturated heterocycles. The van der Waals surface area contributed by atoms with Gasteiger partial charge in [-0.15, -0.1) is 11.3 Å². The average molecular weight is 396 g/mol. The molecule has 0 amide bonds. The Kier molecular flexibility index (Phi) is 6.05. The van der Waals surface area contributed by atoms with E-state index in [2.05, 4.69) is 6.92 Å². The number of hydrogen-bond donors (Lipinski definition) is 0. The van der Waals surface area contributed by atoms with Crippen LogP contribution in [0.1, 0.15) is 20.3 Å². The molecule has 0 spiro atoms. The van der Waals surface area contributed by atoms with Crippen molar-refractivity contribution in [2.45, 2.75) is 20.3 Å². The Morgan fingerprint density at radius 1 is 1.04 bits per heavy atom. The number of hydrogen-bond acceptors (Lipinski definition) is 4. The minimum Gasteiger partial charge on any atom is -0.490 e. The van der Waals surface area contributed by atoms with Crippen LogP contribution in [0.4, 0.5) is 8.78 Å². The third-order valence-electron chi connectivity index (χ3n) is 4.28. The number of thiophene rings is 1. The van der Waals surface area contributed by atoms with E-state index in [4.69, 9.17) is 9.47 Å². The summed E-state index contributed by atoms with van der Waals surface area (Å²) in [6, 6.07) is 6.61. The molecule has 0 bridgehead atoms. The highest BCUT2D eigenvalue weighted by Crippen LogP contribution is 2.41. The van der Waals surface area contributed by atoms with Gasteiger partial charge in [-0.25, -0.2) is 8.78 Å². The maximum absolute atomic E-state index is 14.8. The number of halogens is 2. The quantitative estimate of drug-likeness (QED) is 0.325. The molecule has 0 aliphatic heterocycles. The Hall–Kier alpha value is -1.78. The molecule has 1 aromatic heterocycles. The van der Waals surface area contributed by atoms with Gasteiger partial charge in [-0.2, -0.15) is 0 Å². The molecule has 0 N–H and O–H groups in total. The van der Waals surface area contributed by atoms with Crippen molar-refractivity contribution in [3.63, 3.8) is 0 Å². The molecule has 0 radical (unpaired) electrons. The van der Waals surface area contributed by atoms with E-state index >= 15 is 0 Å². The lowest BCUT2D eigenvalue weighted by Gasteiger charge is -2.11. The highest BCUT2D eigenvalue weighted by atomic mass is 32.1. The van der Waals surface area contributed by atoms with Crippen LogP contribution in [0, 0.1) is 17.6 Å². The zero-order valence-corrected chi connectivity index (χ0v) is 16.3. The molecule has 7 heteroatoms. The van der Waals surface area contributed by atoms with Crippen LogP contribution in [0.5, 0.6) is 11.5 Å². The van der Waals surface area contributed by atoms with Crippen LogP contribution < -0.4 is 9.47 Å². The SMILES string of the molecule is CC[C@@H](C)COc1ccc2c(sc3c(F)c(OCCP=O)ccc32)c1F. The predicted molar refractivity (Wildman–Crippen MR) is 102 cm³/mol. The van der Waals surface area contributed by atoms with Gasteiger partial charge in [-0.05, 0) is 30.2 Å². The Morgan fingerprint density at radius 2 is 1.62 bits per heavy atom. The van der Waals surface area contributed by atoms with Gasteiger partial charge in [0.1, 0.15) is 0 Å². The molecule has 3 nitrogen and oxygen atoms in total. The normalized spacial score (nSPS) is 12.8. The van der Waals surface area contributed by atoms with Crippen LogP contribution in [0.25, 0.3) is 20.2 Å². The Bertz CT molecular complexity index is 942. The summed E-state index contributed by atoms with van der Waals surface area (Å²) in [4.78, 5) is 0. The lowest BCUT2D eigenvalue weighted by Crippen LogP contribution is -2.08. The summed E-state index contributed by atoms with van der Waals surface area (Å²) in [5.41, 5.74) is 0. The van der Waals surface area contributed by atoms with Gasteiger partial charge >= 0.3 is 0 Å². The van der Waals surface area contributed by atoms with Crippen LogP contribution in [-0.2, 0) is 4.57 Å². The monoisotopic (exact) mass is 396 g/mol. The van der Waals surface area contributed by atoms with Crippen LogP contribution in [0.15, 0.2) is 24.3 Å². The van der Waals surface area contributed by atoms with Crippen molar-refractivity contribution in [3.8, 4) is 11.5 Å². The van der Waals surface area contributed by atoms with E-state index in [1.807, 2.05) is 6.92 Å². The summed E-state index contributed by atoms with van der Waals surface area (Å²) in [5, 5.41) is 1.30. The Morgan fingerprint density at radius 3 is 2.15 bits per heavy atom. The van der Waals surface area contributed by atoms with Crippen LogP contribution >= 0.6 is 19.8 Å². The van der Waals surface area contributed by atoms with E-state index in [1.165, 1.54) is 6.07 Å². The van der Waals surface area contributed by atoms with Crippen molar-refractivity contribution in [1.82, 2.24) is 0 Å². The molecule has 3 rings (SSSR count). The highest BCUT2D eigenvalue weighted by molar-refractivity contribution is 7.26. The first kappa shape index (κ1) is 19.0. The van der Waals surface area contributed by atoms with Crippen LogP contribution in [0.2, 0.25) is 0 Å². The summed E-state index contributed by atoms with van der Waals surface area (Å²) in [6.07, 6.45) is 1.24. The fraction of sp³-hybridized carbons (Fsp3) is 0.368. The van der Waals surface area contributed by atoms with Gasteiger partial charge in [0.05, 0.1) is 28.8 Å². The van der Waals surface area contributed by atoms with Gasteiger partial charge in [-0.3, -0.25) is 4.57 Å². The number of fused-ring (bicyclic) bond motifs is 3. The van der Waals surface area contributed by atoms with Gasteiger partial charge in [0.15, 0.2) is 31.6 Å². The van der Waals surface area contributed by atoms with E-state index in [0.717, 1.165) is 17.8 Å². The van der Waals surface area contributed by atoms with Crippen molar-refractivity contribution >= 4 is 40.0 Å². The van der Waals surface area contributed by atoms with Gasteiger partial charge in [0.25, 0.3) is 0 Å². The van der Waals surface area contributed by atoms with Crippen molar-refractivity contribution < 1.29 is 22.8 Å². The third-order valence-corrected chi connectivity index (χ3v) is 5.85. The number of benzene rings is 2. The van der Waals surface area contributed by atoms with E-state index in [9.17, 15) is 13.3 Å². The Balaban J connectivity index is 1.99. The molecule has 0 aliphatic rings. The predicted octanol–water partition coefficient (Wildman–Crippen LogP) is 6.43. The summed E-state index contributed by atoms with van der Waals surface area (Å²) in [6.45, 7) is 4.69. The maximum Gasteiger partial charge on any atom is 0.182 e. The second-order valence-electron chi connectivity index (χ2n) is 6.14. The minimum atomic E-state index is -0.521. The van der Waals surface area contributed by atoms with Crippen molar-refractivity contribution in [1.29, 1.82) is 0 Å². The van der Waals surface area contributed by atoms with E-state index in [1.54, 1.807) is 18.2 Å². The fourth-order valence-corrected chi connectivity index (χ4v) is 3.89. The summed E-state index contributed by atoms with van der Waals surface area (Å²) >= 11 is 1.05. The summed E-state index contributed by atoms with van der Waals surface area (Å²) in [7, 11) is -0.0485. The zero-order chi connectivity index (χ0) is 18.7. The summed E-state index contributed by atoms with van der Waals surface area (Å²) < 4.78 is 51.7. The minimum absolute atomic E-state index is 0.0485. The lowest BCUT2D eigenvalue weighted by atomic mass is 10.1. The summed E-state index contributed by atoms with van der Waals surface area (Å²) in [5.74, 6) is -0.373. The number of ether oxygens (including phenoxy) is 2. The van der Waals surface area contributed by atoms with E-state index in [0.29, 0.717) is 32.7 Å². The topological polar surface area (TPSA) is 35.5 Å². The molecular weight excluding hydrogens is 377 g/mol. The second-order valence-corrected chi connectivity index (χ2v) is 7.86. The van der Waals surface area contributed by atoms with Crippen LogP contribution in [0.3, 0.4) is 0 Å². The van der Waals surface area contributed by atoms with Crippen LogP contribution in [-0.4, -0.2) is 19.4 Å². The molecule has 3 aromatic rings. The van der Waals surface area contributed by atoms with E-state index < -0.39 is 11.6 Å². The van der Waals surface area contributed by atoms with Gasteiger partial charge in [0.2, 0.25) is 0 Å². The highest BCUT2D eigenvalue weighted by Gasteiger charge is 2.18. The smallest absolute Gasteiger partial charge is 0.182 e.